The van der Waals surface area contributed by atoms with Gasteiger partial charge in [-0.25, -0.2) is 14.7 Å². The predicted molar refractivity (Wildman–Crippen MR) is 119 cm³/mol. The van der Waals surface area contributed by atoms with Gasteiger partial charge in [-0.3, -0.25) is 14.7 Å². The van der Waals surface area contributed by atoms with Crippen LogP contribution in [0.4, 0.5) is 5.69 Å². The van der Waals surface area contributed by atoms with Gasteiger partial charge >= 0.3 is 5.97 Å². The topological polar surface area (TPSA) is 114 Å². The lowest BCUT2D eigenvalue weighted by atomic mass is 10.0. The van der Waals surface area contributed by atoms with E-state index in [-0.39, 0.29) is 17.7 Å². The van der Waals surface area contributed by atoms with Crippen molar-refractivity contribution in [2.24, 2.45) is 0 Å². The van der Waals surface area contributed by atoms with Gasteiger partial charge in [0.1, 0.15) is 5.75 Å². The largest absolute Gasteiger partial charge is 0.497 e. The number of hydrogen-bond acceptors (Lipinski definition) is 7. The number of anilines is 1. The SMILES string of the molecule is CCOC(=O)c1ccc(N2C(=O)c3cnc4n[nH]c(-c5ccc(OC)cc5)c4c3C2=O)cc1. The number of aromatic nitrogens is 3. The van der Waals surface area contributed by atoms with Gasteiger partial charge in [0.25, 0.3) is 11.8 Å². The van der Waals surface area contributed by atoms with E-state index in [2.05, 4.69) is 15.2 Å². The van der Waals surface area contributed by atoms with Crippen LogP contribution in [0.1, 0.15) is 38.0 Å². The van der Waals surface area contributed by atoms with Gasteiger partial charge in [0, 0.05) is 11.8 Å². The number of fused-ring (bicyclic) bond motifs is 3. The highest BCUT2D eigenvalue weighted by Gasteiger charge is 2.40. The number of rotatable bonds is 5. The summed E-state index contributed by atoms with van der Waals surface area (Å²) in [6, 6.07) is 13.4. The monoisotopic (exact) mass is 442 g/mol. The number of nitrogens with zero attached hydrogens (tertiary/aromatic N) is 3. The number of amides is 2. The van der Waals surface area contributed by atoms with Crippen molar-refractivity contribution in [2.75, 3.05) is 18.6 Å². The van der Waals surface area contributed by atoms with Gasteiger partial charge in [-0.15, -0.1) is 0 Å². The Bertz CT molecular complexity index is 1410. The molecule has 0 saturated heterocycles. The maximum absolute atomic E-state index is 13.4. The molecule has 1 aliphatic heterocycles. The van der Waals surface area contributed by atoms with Crippen LogP contribution in [0.3, 0.4) is 0 Å². The Hall–Kier alpha value is -4.53. The normalized spacial score (nSPS) is 12.8. The van der Waals surface area contributed by atoms with E-state index in [1.54, 1.807) is 26.2 Å². The molecule has 164 valence electrons. The Morgan fingerprint density at radius 2 is 1.76 bits per heavy atom. The van der Waals surface area contributed by atoms with E-state index in [0.29, 0.717) is 33.7 Å². The molecular weight excluding hydrogens is 424 g/mol. The summed E-state index contributed by atoms with van der Waals surface area (Å²) in [6.45, 7) is 1.97. The molecule has 0 radical (unpaired) electrons. The number of hydrogen-bond donors (Lipinski definition) is 1. The van der Waals surface area contributed by atoms with Crippen molar-refractivity contribution in [3.8, 4) is 17.0 Å². The van der Waals surface area contributed by atoms with Crippen molar-refractivity contribution in [2.45, 2.75) is 6.92 Å². The molecule has 2 aromatic carbocycles. The molecule has 0 atom stereocenters. The predicted octanol–water partition coefficient (Wildman–Crippen LogP) is 3.61. The Kier molecular flexibility index (Phi) is 4.86. The third kappa shape index (κ3) is 3.21. The van der Waals surface area contributed by atoms with Crippen molar-refractivity contribution in [3.05, 3.63) is 71.4 Å². The van der Waals surface area contributed by atoms with E-state index in [0.717, 1.165) is 10.5 Å². The lowest BCUT2D eigenvalue weighted by molar-refractivity contribution is 0.0526. The van der Waals surface area contributed by atoms with Crippen LogP contribution in [-0.4, -0.2) is 46.7 Å². The fraction of sp³-hybridized carbons (Fsp3) is 0.125. The van der Waals surface area contributed by atoms with Crippen LogP contribution in [0.5, 0.6) is 5.75 Å². The number of aromatic amines is 1. The summed E-state index contributed by atoms with van der Waals surface area (Å²) in [7, 11) is 1.58. The Balaban J connectivity index is 1.58. The zero-order valence-corrected chi connectivity index (χ0v) is 17.8. The van der Waals surface area contributed by atoms with Crippen LogP contribution in [0.2, 0.25) is 0 Å². The molecule has 9 nitrogen and oxygen atoms in total. The first-order chi connectivity index (χ1) is 16.0. The van der Waals surface area contributed by atoms with Crippen molar-refractivity contribution in [1.29, 1.82) is 0 Å². The first kappa shape index (κ1) is 20.4. The summed E-state index contributed by atoms with van der Waals surface area (Å²) >= 11 is 0. The summed E-state index contributed by atoms with van der Waals surface area (Å²) in [5, 5.41) is 7.63. The van der Waals surface area contributed by atoms with Crippen LogP contribution in [0.25, 0.3) is 22.3 Å². The van der Waals surface area contributed by atoms with Gasteiger partial charge < -0.3 is 9.47 Å². The number of carbonyl (C=O) groups excluding carboxylic acids is 3. The number of methoxy groups -OCH3 is 1. The highest BCUT2D eigenvalue weighted by Crippen LogP contribution is 2.36. The van der Waals surface area contributed by atoms with E-state index in [9.17, 15) is 14.4 Å². The average Bonchev–Trinajstić information content (AvgIpc) is 3.38. The molecule has 0 saturated carbocycles. The van der Waals surface area contributed by atoms with Gasteiger partial charge in [-0.05, 0) is 55.5 Å². The third-order valence-corrected chi connectivity index (χ3v) is 5.45. The summed E-state index contributed by atoms with van der Waals surface area (Å²) in [4.78, 5) is 43.9. The molecule has 0 bridgehead atoms. The maximum atomic E-state index is 13.4. The van der Waals surface area contributed by atoms with Crippen LogP contribution in [0, 0.1) is 0 Å². The van der Waals surface area contributed by atoms with Crippen LogP contribution < -0.4 is 9.64 Å². The molecule has 0 spiro atoms. The van der Waals surface area contributed by atoms with Crippen molar-refractivity contribution in [1.82, 2.24) is 15.2 Å². The molecule has 4 aromatic rings. The minimum absolute atomic E-state index is 0.193. The molecule has 2 aromatic heterocycles. The third-order valence-electron chi connectivity index (χ3n) is 5.45. The second-order valence-electron chi connectivity index (χ2n) is 7.29. The van der Waals surface area contributed by atoms with Crippen LogP contribution in [0.15, 0.2) is 54.7 Å². The smallest absolute Gasteiger partial charge is 0.338 e. The first-order valence-corrected chi connectivity index (χ1v) is 10.2. The molecule has 1 aliphatic rings. The number of carbonyl (C=O) groups is 3. The molecule has 1 N–H and O–H groups in total. The zero-order chi connectivity index (χ0) is 23.1. The minimum atomic E-state index is -0.491. The molecule has 0 unspecified atom stereocenters. The second-order valence-corrected chi connectivity index (χ2v) is 7.29. The van der Waals surface area contributed by atoms with Gasteiger partial charge in [0.05, 0.1) is 47.2 Å². The Labute approximate surface area is 187 Å². The highest BCUT2D eigenvalue weighted by molar-refractivity contribution is 6.38. The summed E-state index contributed by atoms with van der Waals surface area (Å²) < 4.78 is 10.2. The van der Waals surface area contributed by atoms with Crippen molar-refractivity contribution >= 4 is 34.5 Å². The van der Waals surface area contributed by atoms with E-state index in [1.807, 2.05) is 12.1 Å². The standard InChI is InChI=1S/C24H18N4O5/c1-3-33-24(31)14-4-8-15(9-5-14)28-22(29)17-12-25-21-19(18(17)23(28)30)20(26-27-21)13-6-10-16(32-2)11-7-13/h4-12H,3H2,1-2H3,(H,25,26,27). The summed E-state index contributed by atoms with van der Waals surface area (Å²) in [5.41, 5.74) is 2.79. The van der Waals surface area contributed by atoms with E-state index in [4.69, 9.17) is 9.47 Å². The molecular formula is C24H18N4O5. The lowest BCUT2D eigenvalue weighted by Gasteiger charge is -2.14. The number of pyridine rings is 1. The molecule has 0 fully saturated rings. The highest BCUT2D eigenvalue weighted by atomic mass is 16.5. The number of esters is 1. The first-order valence-electron chi connectivity index (χ1n) is 10.2. The zero-order valence-electron chi connectivity index (χ0n) is 17.8. The van der Waals surface area contributed by atoms with Crippen molar-refractivity contribution in [3.63, 3.8) is 0 Å². The fourth-order valence-electron chi connectivity index (χ4n) is 3.86. The lowest BCUT2D eigenvalue weighted by Crippen LogP contribution is -2.29. The van der Waals surface area contributed by atoms with E-state index < -0.39 is 17.8 Å². The molecule has 3 heterocycles. The maximum Gasteiger partial charge on any atom is 0.338 e. The van der Waals surface area contributed by atoms with Gasteiger partial charge in [-0.1, -0.05) is 0 Å². The van der Waals surface area contributed by atoms with Crippen molar-refractivity contribution < 1.29 is 23.9 Å². The van der Waals surface area contributed by atoms with Gasteiger partial charge in [-0.2, -0.15) is 5.10 Å². The molecule has 2 amide bonds. The summed E-state index contributed by atoms with van der Waals surface area (Å²) in [6.07, 6.45) is 1.36. The van der Waals surface area contributed by atoms with E-state index in [1.165, 1.54) is 30.5 Å². The van der Waals surface area contributed by atoms with Gasteiger partial charge in [0.2, 0.25) is 0 Å². The molecule has 0 aliphatic carbocycles. The number of ether oxygens (including phenoxy) is 2. The Morgan fingerprint density at radius 3 is 2.42 bits per heavy atom. The number of nitrogens with one attached hydrogen (secondary N) is 1. The minimum Gasteiger partial charge on any atom is -0.497 e. The fourth-order valence-corrected chi connectivity index (χ4v) is 3.86. The molecule has 9 heteroatoms. The molecule has 33 heavy (non-hydrogen) atoms. The quantitative estimate of drug-likeness (QED) is 0.371. The number of H-pyrrole nitrogens is 1. The molecule has 5 rings (SSSR count). The number of benzene rings is 2. The Morgan fingerprint density at radius 1 is 1.03 bits per heavy atom. The van der Waals surface area contributed by atoms with Crippen LogP contribution >= 0.6 is 0 Å². The van der Waals surface area contributed by atoms with Gasteiger partial charge in [0.15, 0.2) is 5.65 Å². The second kappa shape index (κ2) is 7.86. The number of imide groups is 1. The average molecular weight is 442 g/mol. The van der Waals surface area contributed by atoms with Crippen LogP contribution in [-0.2, 0) is 4.74 Å². The summed E-state index contributed by atoms with van der Waals surface area (Å²) in [5.74, 6) is -0.757. The van der Waals surface area contributed by atoms with E-state index >= 15 is 0 Å².